The first-order valence-electron chi connectivity index (χ1n) is 14.2. The SMILES string of the molecule is C1=NCCO1.C1=NCCO1.CCCCCCCCCCCCCCCCCCCCCC(=O)O. The summed E-state index contributed by atoms with van der Waals surface area (Å²) in [5, 5.41) is 8.56. The minimum Gasteiger partial charge on any atom is -0.482 e. The monoisotopic (exact) mass is 482 g/mol. The van der Waals surface area contributed by atoms with Crippen molar-refractivity contribution in [2.75, 3.05) is 26.3 Å². The predicted molar refractivity (Wildman–Crippen MR) is 144 cm³/mol. The van der Waals surface area contributed by atoms with Gasteiger partial charge in [0.1, 0.15) is 13.2 Å². The van der Waals surface area contributed by atoms with Crippen LogP contribution in [0.1, 0.15) is 135 Å². The zero-order valence-electron chi connectivity index (χ0n) is 22.2. The summed E-state index contributed by atoms with van der Waals surface area (Å²) in [4.78, 5) is 17.9. The van der Waals surface area contributed by atoms with Crippen LogP contribution in [0.3, 0.4) is 0 Å². The van der Waals surface area contributed by atoms with Gasteiger partial charge in [-0.3, -0.25) is 14.8 Å². The number of nitrogens with zero attached hydrogens (tertiary/aromatic N) is 2. The zero-order valence-corrected chi connectivity index (χ0v) is 22.2. The Kier molecular flexibility index (Phi) is 28.1. The zero-order chi connectivity index (χ0) is 24.8. The molecule has 1 N–H and O–H groups in total. The maximum absolute atomic E-state index is 10.4. The van der Waals surface area contributed by atoms with Gasteiger partial charge in [-0.05, 0) is 6.42 Å². The van der Waals surface area contributed by atoms with Crippen LogP contribution in [-0.4, -0.2) is 50.2 Å². The van der Waals surface area contributed by atoms with Gasteiger partial charge in [0, 0.05) is 6.42 Å². The molecule has 0 amide bonds. The topological polar surface area (TPSA) is 80.5 Å². The molecule has 2 aliphatic rings. The van der Waals surface area contributed by atoms with E-state index in [4.69, 9.17) is 5.11 Å². The lowest BCUT2D eigenvalue weighted by molar-refractivity contribution is -0.137. The van der Waals surface area contributed by atoms with E-state index in [-0.39, 0.29) is 0 Å². The van der Waals surface area contributed by atoms with Crippen molar-refractivity contribution in [3.63, 3.8) is 0 Å². The molecule has 0 radical (unpaired) electrons. The highest BCUT2D eigenvalue weighted by atomic mass is 16.5. The number of rotatable bonds is 20. The Hall–Kier alpha value is -1.59. The molecule has 2 rings (SSSR count). The number of hydrogen-bond donors (Lipinski definition) is 1. The summed E-state index contributed by atoms with van der Waals surface area (Å²) in [6.45, 7) is 5.53. The Morgan fingerprint density at radius 1 is 0.618 bits per heavy atom. The van der Waals surface area contributed by atoms with Crippen molar-refractivity contribution in [3.8, 4) is 0 Å². The minimum absolute atomic E-state index is 0.346. The van der Waals surface area contributed by atoms with E-state index in [2.05, 4.69) is 26.4 Å². The largest absolute Gasteiger partial charge is 0.482 e. The van der Waals surface area contributed by atoms with Gasteiger partial charge in [0.15, 0.2) is 12.8 Å². The molecule has 6 heteroatoms. The molecular formula is C28H54N2O4. The van der Waals surface area contributed by atoms with Crippen LogP contribution in [0.4, 0.5) is 0 Å². The highest BCUT2D eigenvalue weighted by molar-refractivity contribution is 5.66. The highest BCUT2D eigenvalue weighted by Gasteiger charge is 1.97. The second kappa shape index (κ2) is 29.4. The molecule has 0 fully saturated rings. The molecule has 200 valence electrons. The van der Waals surface area contributed by atoms with Crippen LogP contribution < -0.4 is 0 Å². The van der Waals surface area contributed by atoms with Gasteiger partial charge < -0.3 is 14.6 Å². The summed E-state index contributed by atoms with van der Waals surface area (Å²) < 4.78 is 9.31. The van der Waals surface area contributed by atoms with Crippen LogP contribution in [0.25, 0.3) is 0 Å². The van der Waals surface area contributed by atoms with Crippen molar-refractivity contribution >= 4 is 18.8 Å². The maximum atomic E-state index is 10.4. The summed E-state index contributed by atoms with van der Waals surface area (Å²) in [6, 6.07) is 0. The number of aliphatic carboxylic acids is 1. The average Bonchev–Trinajstić information content (AvgIpc) is 3.59. The molecule has 0 spiro atoms. The van der Waals surface area contributed by atoms with Gasteiger partial charge in [0.05, 0.1) is 13.1 Å². The van der Waals surface area contributed by atoms with Gasteiger partial charge in [-0.15, -0.1) is 0 Å². The molecule has 34 heavy (non-hydrogen) atoms. The van der Waals surface area contributed by atoms with Crippen molar-refractivity contribution < 1.29 is 19.4 Å². The van der Waals surface area contributed by atoms with Gasteiger partial charge in [-0.25, -0.2) is 0 Å². The quantitative estimate of drug-likeness (QED) is 0.178. The molecule has 0 unspecified atom stereocenters. The number of hydrogen-bond acceptors (Lipinski definition) is 5. The van der Waals surface area contributed by atoms with E-state index in [1.165, 1.54) is 122 Å². The van der Waals surface area contributed by atoms with E-state index in [0.717, 1.165) is 39.1 Å². The minimum atomic E-state index is -0.651. The lowest BCUT2D eigenvalue weighted by atomic mass is 10.0. The predicted octanol–water partition coefficient (Wildman–Crippen LogP) is 7.98. The summed E-state index contributed by atoms with van der Waals surface area (Å²) in [5.41, 5.74) is 0. The van der Waals surface area contributed by atoms with E-state index >= 15 is 0 Å². The molecule has 0 aromatic rings. The van der Waals surface area contributed by atoms with Gasteiger partial charge in [-0.2, -0.15) is 0 Å². The maximum Gasteiger partial charge on any atom is 0.303 e. The third-order valence-corrected chi connectivity index (χ3v) is 5.97. The van der Waals surface area contributed by atoms with Gasteiger partial charge in [0.2, 0.25) is 0 Å². The third kappa shape index (κ3) is 30.4. The van der Waals surface area contributed by atoms with Crippen LogP contribution in [0.5, 0.6) is 0 Å². The van der Waals surface area contributed by atoms with Crippen LogP contribution >= 0.6 is 0 Å². The smallest absolute Gasteiger partial charge is 0.303 e. The normalized spacial score (nSPS) is 13.4. The second-order valence-electron chi connectivity index (χ2n) is 9.27. The Morgan fingerprint density at radius 3 is 1.15 bits per heavy atom. The van der Waals surface area contributed by atoms with Gasteiger partial charge in [0.25, 0.3) is 0 Å². The molecule has 2 aliphatic heterocycles. The number of aliphatic imine (C=N–C) groups is 2. The molecule has 0 saturated carbocycles. The van der Waals surface area contributed by atoms with Crippen LogP contribution in [0, 0.1) is 0 Å². The Morgan fingerprint density at radius 2 is 0.941 bits per heavy atom. The van der Waals surface area contributed by atoms with Crippen LogP contribution in [0.2, 0.25) is 0 Å². The molecule has 0 aromatic carbocycles. The van der Waals surface area contributed by atoms with E-state index in [0.29, 0.717) is 6.42 Å². The summed E-state index contributed by atoms with van der Waals surface area (Å²) in [7, 11) is 0. The standard InChI is InChI=1S/C22H44O2.2C3H5NO/c1-2-3-4-5-6-7-8-9-10-11-12-13-14-15-16-17-18-19-20-21-22(23)24;2*1-2-5-3-4-1/h2-21H2,1H3,(H,23,24);2*3H,1-2H2. The number of ether oxygens (including phenoxy) is 2. The summed E-state index contributed by atoms with van der Waals surface area (Å²) in [6.07, 6.45) is 29.1. The molecule has 0 atom stereocenters. The number of unbranched alkanes of at least 4 members (excludes halogenated alkanes) is 18. The summed E-state index contributed by atoms with van der Waals surface area (Å²) in [5.74, 6) is -0.651. The first-order valence-corrected chi connectivity index (χ1v) is 14.2. The van der Waals surface area contributed by atoms with Gasteiger partial charge >= 0.3 is 5.97 Å². The molecule has 0 aliphatic carbocycles. The molecule has 2 heterocycles. The van der Waals surface area contributed by atoms with Gasteiger partial charge in [-0.1, -0.05) is 122 Å². The van der Waals surface area contributed by atoms with Crippen LogP contribution in [-0.2, 0) is 14.3 Å². The molecule has 0 aromatic heterocycles. The van der Waals surface area contributed by atoms with Crippen molar-refractivity contribution in [2.45, 2.75) is 135 Å². The lowest BCUT2D eigenvalue weighted by Gasteiger charge is -2.03. The Balaban J connectivity index is 0.000000873. The first kappa shape index (κ1) is 32.4. The van der Waals surface area contributed by atoms with Crippen molar-refractivity contribution in [2.24, 2.45) is 9.98 Å². The second-order valence-corrected chi connectivity index (χ2v) is 9.27. The molecule has 0 bridgehead atoms. The van der Waals surface area contributed by atoms with Crippen LogP contribution in [0.15, 0.2) is 9.98 Å². The Bertz CT molecular complexity index is 441. The molecule has 0 saturated heterocycles. The Labute approximate surface area is 210 Å². The molecule has 6 nitrogen and oxygen atoms in total. The van der Waals surface area contributed by atoms with E-state index in [1.807, 2.05) is 0 Å². The lowest BCUT2D eigenvalue weighted by Crippen LogP contribution is -1.93. The summed E-state index contributed by atoms with van der Waals surface area (Å²) >= 11 is 0. The van der Waals surface area contributed by atoms with Crippen molar-refractivity contribution in [1.82, 2.24) is 0 Å². The number of carboxylic acids is 1. The van der Waals surface area contributed by atoms with Crippen molar-refractivity contribution in [3.05, 3.63) is 0 Å². The van der Waals surface area contributed by atoms with Crippen molar-refractivity contribution in [1.29, 1.82) is 0 Å². The van der Waals surface area contributed by atoms with E-state index < -0.39 is 5.97 Å². The fraction of sp³-hybridized carbons (Fsp3) is 0.893. The fourth-order valence-corrected chi connectivity index (χ4v) is 3.88. The van der Waals surface area contributed by atoms with E-state index in [1.54, 1.807) is 0 Å². The number of carboxylic acid groups (broad SMARTS) is 1. The first-order chi connectivity index (χ1) is 16.8. The highest BCUT2D eigenvalue weighted by Crippen LogP contribution is 2.14. The fourth-order valence-electron chi connectivity index (χ4n) is 3.88. The average molecular weight is 483 g/mol. The van der Waals surface area contributed by atoms with E-state index in [9.17, 15) is 4.79 Å². The molecular weight excluding hydrogens is 428 g/mol. The third-order valence-electron chi connectivity index (χ3n) is 5.97. The number of carbonyl (C=O) groups is 1.